The van der Waals surface area contributed by atoms with Crippen molar-refractivity contribution < 1.29 is 14.4 Å². The van der Waals surface area contributed by atoms with Crippen molar-refractivity contribution in [1.29, 1.82) is 0 Å². The van der Waals surface area contributed by atoms with Crippen LogP contribution in [0, 0.1) is 0 Å². The van der Waals surface area contributed by atoms with E-state index in [0.717, 1.165) is 5.56 Å². The Morgan fingerprint density at radius 2 is 2.00 bits per heavy atom. The number of benzene rings is 1. The number of rotatable bonds is 4. The van der Waals surface area contributed by atoms with Crippen LogP contribution in [0.15, 0.2) is 24.3 Å². The molecular formula is C13H20N2O3. The molecule has 0 atom stereocenters. The molecule has 0 bridgehead atoms. The maximum Gasteiger partial charge on any atom is 0.412 e. The molecule has 0 fully saturated rings. The molecule has 0 saturated carbocycles. The van der Waals surface area contributed by atoms with Gasteiger partial charge in [-0.1, -0.05) is 18.2 Å². The third-order valence-corrected chi connectivity index (χ3v) is 2.14. The van der Waals surface area contributed by atoms with E-state index in [4.69, 9.17) is 10.6 Å². The number of ether oxygens (including phenoxy) is 1. The zero-order chi connectivity index (χ0) is 13.6. The monoisotopic (exact) mass is 252 g/mol. The molecule has 1 rings (SSSR count). The second kappa shape index (κ2) is 6.37. The summed E-state index contributed by atoms with van der Waals surface area (Å²) in [6, 6.07) is 7.47. The van der Waals surface area contributed by atoms with E-state index in [2.05, 4.69) is 10.2 Å². The van der Waals surface area contributed by atoms with Crippen molar-refractivity contribution in [2.75, 3.05) is 11.9 Å². The number of hydrogen-bond donors (Lipinski definition) is 2. The van der Waals surface area contributed by atoms with E-state index in [1.807, 2.05) is 45.0 Å². The summed E-state index contributed by atoms with van der Waals surface area (Å²) in [5.41, 5.74) is 1.15. The third kappa shape index (κ3) is 5.16. The van der Waals surface area contributed by atoms with Crippen LogP contribution in [0.25, 0.3) is 0 Å². The average molecular weight is 252 g/mol. The van der Waals surface area contributed by atoms with Crippen LogP contribution in [-0.4, -0.2) is 18.3 Å². The molecule has 0 aliphatic heterocycles. The first-order valence-electron chi connectivity index (χ1n) is 5.82. The molecule has 5 nitrogen and oxygen atoms in total. The zero-order valence-electron chi connectivity index (χ0n) is 11.0. The van der Waals surface area contributed by atoms with Gasteiger partial charge >= 0.3 is 6.09 Å². The topological polar surface area (TPSA) is 73.6 Å². The fraction of sp³-hybridized carbons (Fsp3) is 0.462. The Kier molecular flexibility index (Phi) is 5.12. The van der Waals surface area contributed by atoms with Gasteiger partial charge in [-0.3, -0.25) is 5.32 Å². The van der Waals surface area contributed by atoms with Crippen molar-refractivity contribution in [3.63, 3.8) is 0 Å². The third-order valence-electron chi connectivity index (χ3n) is 2.14. The molecule has 3 N–H and O–H groups in total. The molecule has 0 aliphatic rings. The van der Waals surface area contributed by atoms with Gasteiger partial charge in [0.1, 0.15) is 5.60 Å². The van der Waals surface area contributed by atoms with Gasteiger partial charge < -0.3 is 9.57 Å². The summed E-state index contributed by atoms with van der Waals surface area (Å²) in [6.07, 6.45) is 0.159. The van der Waals surface area contributed by atoms with Gasteiger partial charge in [0, 0.05) is 5.69 Å². The minimum Gasteiger partial charge on any atom is -0.444 e. The molecule has 0 unspecified atom stereocenters. The quantitative estimate of drug-likeness (QED) is 0.807. The van der Waals surface area contributed by atoms with Crippen LogP contribution in [0.4, 0.5) is 10.5 Å². The van der Waals surface area contributed by atoms with Crippen LogP contribution in [0.5, 0.6) is 0 Å². The predicted molar refractivity (Wildman–Crippen MR) is 70.1 cm³/mol. The van der Waals surface area contributed by atoms with E-state index in [1.54, 1.807) is 0 Å². The molecule has 1 aromatic carbocycles. The maximum atomic E-state index is 11.7. The Balaban J connectivity index is 2.68. The minimum atomic E-state index is -0.514. The molecule has 0 heterocycles. The Bertz CT molecular complexity index is 399. The predicted octanol–water partition coefficient (Wildman–Crippen LogP) is 2.47. The number of amides is 1. The summed E-state index contributed by atoms with van der Waals surface area (Å²) in [6.45, 7) is 5.86. The van der Waals surface area contributed by atoms with Crippen LogP contribution in [0.1, 0.15) is 26.3 Å². The average Bonchev–Trinajstić information content (AvgIpc) is 2.25. The summed E-state index contributed by atoms with van der Waals surface area (Å²) in [5.74, 6) is 5.00. The number of hydrogen-bond acceptors (Lipinski definition) is 4. The summed E-state index contributed by atoms with van der Waals surface area (Å²) >= 11 is 0. The Morgan fingerprint density at radius 1 is 1.33 bits per heavy atom. The van der Waals surface area contributed by atoms with E-state index in [-0.39, 0.29) is 0 Å². The number of carbonyl (C=O) groups excluding carboxylic acids is 1. The summed E-state index contributed by atoms with van der Waals surface area (Å²) in [7, 11) is 0. The largest absolute Gasteiger partial charge is 0.444 e. The Morgan fingerprint density at radius 3 is 2.61 bits per heavy atom. The first kappa shape index (κ1) is 14.5. The lowest BCUT2D eigenvalue weighted by atomic mass is 10.1. The molecule has 0 aliphatic carbocycles. The Hall–Kier alpha value is -1.59. The van der Waals surface area contributed by atoms with Crippen LogP contribution < -0.4 is 11.2 Å². The van der Waals surface area contributed by atoms with Crippen molar-refractivity contribution in [2.24, 2.45) is 5.90 Å². The highest BCUT2D eigenvalue weighted by Gasteiger charge is 2.16. The van der Waals surface area contributed by atoms with E-state index in [9.17, 15) is 4.79 Å². The number of para-hydroxylation sites is 1. The van der Waals surface area contributed by atoms with Crippen molar-refractivity contribution in [3.8, 4) is 0 Å². The van der Waals surface area contributed by atoms with Crippen LogP contribution >= 0.6 is 0 Å². The fourth-order valence-electron chi connectivity index (χ4n) is 1.44. The number of nitrogens with one attached hydrogen (secondary N) is 1. The lowest BCUT2D eigenvalue weighted by Gasteiger charge is -2.20. The van der Waals surface area contributed by atoms with Crippen LogP contribution in [-0.2, 0) is 16.0 Å². The minimum absolute atomic E-state index is 0.396. The van der Waals surface area contributed by atoms with Crippen molar-refractivity contribution in [3.05, 3.63) is 29.8 Å². The van der Waals surface area contributed by atoms with E-state index in [0.29, 0.717) is 18.7 Å². The molecule has 1 amide bonds. The standard InChI is InChI=1S/C13H20N2O3/c1-13(2,3)18-12(16)15-11-7-5-4-6-10(11)8-9-17-14/h4-7H,8-9,14H2,1-3H3,(H,15,16). The SMILES string of the molecule is CC(C)(C)OC(=O)Nc1ccccc1CCON. The van der Waals surface area contributed by atoms with E-state index < -0.39 is 11.7 Å². The zero-order valence-corrected chi connectivity index (χ0v) is 11.0. The van der Waals surface area contributed by atoms with Crippen molar-refractivity contribution in [1.82, 2.24) is 0 Å². The lowest BCUT2D eigenvalue weighted by Crippen LogP contribution is -2.27. The summed E-state index contributed by atoms with van der Waals surface area (Å²) in [5, 5.41) is 2.72. The number of nitrogens with two attached hydrogens (primary N) is 1. The molecule has 100 valence electrons. The van der Waals surface area contributed by atoms with Crippen molar-refractivity contribution in [2.45, 2.75) is 32.8 Å². The lowest BCUT2D eigenvalue weighted by molar-refractivity contribution is 0.0635. The molecule has 0 aromatic heterocycles. The number of carbonyl (C=O) groups is 1. The van der Waals surface area contributed by atoms with Gasteiger partial charge in [0.25, 0.3) is 0 Å². The normalized spacial score (nSPS) is 11.1. The van der Waals surface area contributed by atoms with Gasteiger partial charge in [0.15, 0.2) is 0 Å². The first-order valence-corrected chi connectivity index (χ1v) is 5.82. The van der Waals surface area contributed by atoms with Gasteiger partial charge in [-0.25, -0.2) is 10.7 Å². The fourth-order valence-corrected chi connectivity index (χ4v) is 1.44. The maximum absolute atomic E-state index is 11.7. The van der Waals surface area contributed by atoms with E-state index >= 15 is 0 Å². The van der Waals surface area contributed by atoms with Gasteiger partial charge in [-0.2, -0.15) is 0 Å². The smallest absolute Gasteiger partial charge is 0.412 e. The van der Waals surface area contributed by atoms with Crippen molar-refractivity contribution >= 4 is 11.8 Å². The highest BCUT2D eigenvalue weighted by Crippen LogP contribution is 2.17. The molecule has 0 saturated heterocycles. The summed E-state index contributed by atoms with van der Waals surface area (Å²) < 4.78 is 5.20. The Labute approximate surface area is 107 Å². The molecule has 5 heteroatoms. The highest BCUT2D eigenvalue weighted by molar-refractivity contribution is 5.85. The first-order chi connectivity index (χ1) is 8.42. The van der Waals surface area contributed by atoms with Gasteiger partial charge in [0.05, 0.1) is 6.61 Å². The summed E-state index contributed by atoms with van der Waals surface area (Å²) in [4.78, 5) is 16.2. The second-order valence-electron chi connectivity index (χ2n) is 4.90. The number of anilines is 1. The van der Waals surface area contributed by atoms with E-state index in [1.165, 1.54) is 0 Å². The highest BCUT2D eigenvalue weighted by atomic mass is 16.6. The molecule has 1 aromatic rings. The molecule has 0 spiro atoms. The van der Waals surface area contributed by atoms with Gasteiger partial charge in [0.2, 0.25) is 0 Å². The van der Waals surface area contributed by atoms with Gasteiger partial charge in [-0.15, -0.1) is 0 Å². The molecular weight excluding hydrogens is 232 g/mol. The van der Waals surface area contributed by atoms with Crippen LogP contribution in [0.2, 0.25) is 0 Å². The van der Waals surface area contributed by atoms with Crippen LogP contribution in [0.3, 0.4) is 0 Å². The van der Waals surface area contributed by atoms with Gasteiger partial charge in [-0.05, 0) is 38.8 Å². The molecule has 0 radical (unpaired) electrons. The second-order valence-corrected chi connectivity index (χ2v) is 4.90. The molecule has 18 heavy (non-hydrogen) atoms.